The zero-order valence-electron chi connectivity index (χ0n) is 6.25. The standard InChI is InChI=1S/C7H5Cl2N3/c1-12(4-10)7-6(9)5(8)2-3-11-7/h2-3H,1H3. The number of aromatic nitrogens is 1. The van der Waals surface area contributed by atoms with Gasteiger partial charge in [0.05, 0.1) is 5.02 Å². The second kappa shape index (κ2) is 3.61. The molecule has 1 rings (SSSR count). The Kier molecular flexibility index (Phi) is 2.74. The molecule has 0 aliphatic rings. The highest BCUT2D eigenvalue weighted by Crippen LogP contribution is 2.28. The molecule has 0 saturated heterocycles. The molecule has 0 radical (unpaired) electrons. The molecule has 0 unspecified atom stereocenters. The molecule has 0 spiro atoms. The van der Waals surface area contributed by atoms with Gasteiger partial charge in [0.15, 0.2) is 12.0 Å². The smallest absolute Gasteiger partial charge is 0.185 e. The van der Waals surface area contributed by atoms with Crippen molar-refractivity contribution in [2.24, 2.45) is 0 Å². The van der Waals surface area contributed by atoms with Gasteiger partial charge in [0.2, 0.25) is 0 Å². The van der Waals surface area contributed by atoms with Gasteiger partial charge in [-0.2, -0.15) is 5.26 Å². The van der Waals surface area contributed by atoms with E-state index in [4.69, 9.17) is 28.5 Å². The number of hydrogen-bond donors (Lipinski definition) is 0. The number of nitrogens with zero attached hydrogens (tertiary/aromatic N) is 3. The molecule has 1 aromatic heterocycles. The zero-order chi connectivity index (χ0) is 9.14. The zero-order valence-corrected chi connectivity index (χ0v) is 7.76. The monoisotopic (exact) mass is 201 g/mol. The summed E-state index contributed by atoms with van der Waals surface area (Å²) in [6.45, 7) is 0. The quantitative estimate of drug-likeness (QED) is 0.518. The van der Waals surface area contributed by atoms with Crippen LogP contribution in [0, 0.1) is 11.5 Å². The van der Waals surface area contributed by atoms with E-state index in [0.717, 1.165) is 0 Å². The molecule has 0 aromatic carbocycles. The van der Waals surface area contributed by atoms with Crippen molar-refractivity contribution in [2.45, 2.75) is 0 Å². The molecule has 3 nitrogen and oxygen atoms in total. The minimum Gasteiger partial charge on any atom is -0.265 e. The number of pyridine rings is 1. The predicted octanol–water partition coefficient (Wildman–Crippen LogP) is 2.31. The van der Waals surface area contributed by atoms with Gasteiger partial charge in [0.25, 0.3) is 0 Å². The molecule has 5 heteroatoms. The average Bonchev–Trinajstić information content (AvgIpc) is 2.08. The lowest BCUT2D eigenvalue weighted by molar-refractivity contribution is 1.13. The van der Waals surface area contributed by atoms with Crippen LogP contribution in [0.15, 0.2) is 12.3 Å². The third kappa shape index (κ3) is 1.60. The van der Waals surface area contributed by atoms with E-state index >= 15 is 0 Å². The van der Waals surface area contributed by atoms with Crippen LogP contribution in [0.2, 0.25) is 10.0 Å². The van der Waals surface area contributed by atoms with Gasteiger partial charge in [0.1, 0.15) is 5.02 Å². The maximum absolute atomic E-state index is 8.54. The topological polar surface area (TPSA) is 39.9 Å². The number of rotatable bonds is 1. The summed E-state index contributed by atoms with van der Waals surface area (Å²) in [6.07, 6.45) is 3.37. The lowest BCUT2D eigenvalue weighted by Crippen LogP contribution is -2.10. The van der Waals surface area contributed by atoms with Crippen molar-refractivity contribution in [1.29, 1.82) is 5.26 Å². The number of anilines is 1. The van der Waals surface area contributed by atoms with E-state index in [0.29, 0.717) is 15.9 Å². The Morgan fingerprint density at radius 1 is 1.58 bits per heavy atom. The van der Waals surface area contributed by atoms with Gasteiger partial charge in [-0.25, -0.2) is 4.98 Å². The molecule has 0 aliphatic carbocycles. The summed E-state index contributed by atoms with van der Waals surface area (Å²) >= 11 is 11.5. The van der Waals surface area contributed by atoms with Crippen molar-refractivity contribution < 1.29 is 0 Å². The first kappa shape index (κ1) is 9.11. The van der Waals surface area contributed by atoms with Crippen LogP contribution in [0.4, 0.5) is 5.82 Å². The van der Waals surface area contributed by atoms with Crippen LogP contribution in [0.25, 0.3) is 0 Å². The predicted molar refractivity (Wildman–Crippen MR) is 48.3 cm³/mol. The Balaban J connectivity index is 3.18. The molecule has 12 heavy (non-hydrogen) atoms. The van der Waals surface area contributed by atoms with E-state index in [-0.39, 0.29) is 0 Å². The van der Waals surface area contributed by atoms with Crippen molar-refractivity contribution in [3.05, 3.63) is 22.3 Å². The molecule has 1 aromatic rings. The van der Waals surface area contributed by atoms with Gasteiger partial charge < -0.3 is 0 Å². The fourth-order valence-electron chi connectivity index (χ4n) is 0.691. The van der Waals surface area contributed by atoms with Crippen LogP contribution < -0.4 is 4.90 Å². The second-order valence-electron chi connectivity index (χ2n) is 2.09. The van der Waals surface area contributed by atoms with Gasteiger partial charge in [-0.15, -0.1) is 0 Å². The maximum atomic E-state index is 8.54. The normalized spacial score (nSPS) is 9.17. The Morgan fingerprint density at radius 3 is 2.83 bits per heavy atom. The average molecular weight is 202 g/mol. The van der Waals surface area contributed by atoms with Crippen LogP contribution >= 0.6 is 23.2 Å². The highest BCUT2D eigenvalue weighted by Gasteiger charge is 2.08. The summed E-state index contributed by atoms with van der Waals surface area (Å²) in [5.41, 5.74) is 0. The lowest BCUT2D eigenvalue weighted by atomic mass is 10.4. The van der Waals surface area contributed by atoms with Crippen LogP contribution in [0.1, 0.15) is 0 Å². The third-order valence-corrected chi connectivity index (χ3v) is 2.08. The van der Waals surface area contributed by atoms with E-state index in [1.54, 1.807) is 13.1 Å². The van der Waals surface area contributed by atoms with Gasteiger partial charge in [0, 0.05) is 13.2 Å². The van der Waals surface area contributed by atoms with Gasteiger partial charge >= 0.3 is 0 Å². The third-order valence-electron chi connectivity index (χ3n) is 1.29. The van der Waals surface area contributed by atoms with Gasteiger partial charge in [-0.1, -0.05) is 23.2 Å². The van der Waals surface area contributed by atoms with Crippen molar-refractivity contribution in [1.82, 2.24) is 4.98 Å². The Hall–Kier alpha value is -0.980. The number of nitriles is 1. The minimum absolute atomic E-state index is 0.295. The van der Waals surface area contributed by atoms with Gasteiger partial charge in [-0.3, -0.25) is 4.90 Å². The highest BCUT2D eigenvalue weighted by molar-refractivity contribution is 6.43. The first-order chi connectivity index (χ1) is 5.66. The maximum Gasteiger partial charge on any atom is 0.185 e. The lowest BCUT2D eigenvalue weighted by Gasteiger charge is -2.09. The molecular formula is C7H5Cl2N3. The summed E-state index contributed by atoms with van der Waals surface area (Å²) in [6, 6.07) is 1.57. The summed E-state index contributed by atoms with van der Waals surface area (Å²) in [5, 5.41) is 9.22. The molecule has 0 fully saturated rings. The summed E-state index contributed by atoms with van der Waals surface area (Å²) in [4.78, 5) is 5.14. The van der Waals surface area contributed by atoms with Gasteiger partial charge in [-0.05, 0) is 6.07 Å². The van der Waals surface area contributed by atoms with Crippen LogP contribution in [0.3, 0.4) is 0 Å². The summed E-state index contributed by atoms with van der Waals surface area (Å²) in [7, 11) is 1.56. The Morgan fingerprint density at radius 2 is 2.25 bits per heavy atom. The van der Waals surface area contributed by atoms with Crippen LogP contribution in [0.5, 0.6) is 0 Å². The molecule has 0 saturated carbocycles. The van der Waals surface area contributed by atoms with Crippen LogP contribution in [-0.2, 0) is 0 Å². The van der Waals surface area contributed by atoms with E-state index in [2.05, 4.69) is 4.98 Å². The Bertz CT molecular complexity index is 332. The highest BCUT2D eigenvalue weighted by atomic mass is 35.5. The molecule has 1 heterocycles. The van der Waals surface area contributed by atoms with Crippen molar-refractivity contribution >= 4 is 29.0 Å². The fourth-order valence-corrected chi connectivity index (χ4v) is 1.07. The van der Waals surface area contributed by atoms with Crippen molar-refractivity contribution in [3.8, 4) is 6.19 Å². The van der Waals surface area contributed by atoms with Crippen molar-refractivity contribution in [2.75, 3.05) is 11.9 Å². The molecule has 0 atom stereocenters. The molecule has 0 N–H and O–H groups in total. The largest absolute Gasteiger partial charge is 0.265 e. The Labute approximate surface area is 80.1 Å². The van der Waals surface area contributed by atoms with E-state index < -0.39 is 0 Å². The summed E-state index contributed by atoms with van der Waals surface area (Å²) < 4.78 is 0. The minimum atomic E-state index is 0.295. The first-order valence-corrected chi connectivity index (χ1v) is 3.86. The van der Waals surface area contributed by atoms with E-state index in [1.165, 1.54) is 11.1 Å². The molecule has 0 aliphatic heterocycles. The number of halogens is 2. The molecular weight excluding hydrogens is 197 g/mol. The molecule has 0 bridgehead atoms. The second-order valence-corrected chi connectivity index (χ2v) is 2.87. The molecule has 0 amide bonds. The van der Waals surface area contributed by atoms with E-state index in [1.807, 2.05) is 6.19 Å². The van der Waals surface area contributed by atoms with Crippen molar-refractivity contribution in [3.63, 3.8) is 0 Å². The fraction of sp³-hybridized carbons (Fsp3) is 0.143. The summed E-state index contributed by atoms with van der Waals surface area (Å²) in [5.74, 6) is 0.367. The SMILES string of the molecule is CN(C#N)c1nccc(Cl)c1Cl. The van der Waals surface area contributed by atoms with Crippen LogP contribution in [-0.4, -0.2) is 12.0 Å². The first-order valence-electron chi connectivity index (χ1n) is 3.10. The number of hydrogen-bond acceptors (Lipinski definition) is 3. The van der Waals surface area contributed by atoms with E-state index in [9.17, 15) is 0 Å². The molecule has 62 valence electrons.